The minimum absolute atomic E-state index is 0.0781. The monoisotopic (exact) mass is 433 g/mol. The molecule has 1 amide bonds. The predicted octanol–water partition coefficient (Wildman–Crippen LogP) is 4.10. The van der Waals surface area contributed by atoms with Crippen LogP contribution in [0.5, 0.6) is 0 Å². The van der Waals surface area contributed by atoms with E-state index in [1.165, 1.54) is 22.2 Å². The molecule has 0 saturated heterocycles. The maximum absolute atomic E-state index is 12.6. The molecule has 7 heteroatoms. The number of carbonyl (C=O) groups excluding carboxylic acids is 1. The Kier molecular flexibility index (Phi) is 5.58. The lowest BCUT2D eigenvalue weighted by atomic mass is 10.1. The van der Waals surface area contributed by atoms with Crippen LogP contribution in [0.3, 0.4) is 0 Å². The fraction of sp³-hybridized carbons (Fsp3) is 0.316. The van der Waals surface area contributed by atoms with Gasteiger partial charge >= 0.3 is 0 Å². The number of halogens is 1. The van der Waals surface area contributed by atoms with Gasteiger partial charge in [0.25, 0.3) is 5.56 Å². The van der Waals surface area contributed by atoms with E-state index < -0.39 is 0 Å². The Morgan fingerprint density at radius 2 is 2.00 bits per heavy atom. The quantitative estimate of drug-likeness (QED) is 0.658. The van der Waals surface area contributed by atoms with Crippen LogP contribution in [0.1, 0.15) is 35.4 Å². The van der Waals surface area contributed by atoms with Crippen molar-refractivity contribution in [3.8, 4) is 0 Å². The molecule has 26 heavy (non-hydrogen) atoms. The highest BCUT2D eigenvalue weighted by Gasteiger charge is 2.14. The lowest BCUT2D eigenvalue weighted by molar-refractivity contribution is -0.121. The van der Waals surface area contributed by atoms with E-state index in [0.717, 1.165) is 25.3 Å². The molecular weight excluding hydrogens is 414 g/mol. The number of carbonyl (C=O) groups is 1. The number of hydrogen-bond donors (Lipinski definition) is 1. The number of hydrogen-bond acceptors (Lipinski definition) is 4. The van der Waals surface area contributed by atoms with E-state index in [9.17, 15) is 9.59 Å². The number of benzene rings is 1. The van der Waals surface area contributed by atoms with E-state index in [-0.39, 0.29) is 23.9 Å². The van der Waals surface area contributed by atoms with Gasteiger partial charge in [-0.2, -0.15) is 0 Å². The van der Waals surface area contributed by atoms with Crippen LogP contribution in [0.4, 0.5) is 0 Å². The molecule has 1 atom stereocenters. The van der Waals surface area contributed by atoms with Crippen molar-refractivity contribution in [3.05, 3.63) is 61.4 Å². The SMILES string of the molecule is Cc1sc2ncn(CCC(=O)N[C@@H](C)c3ccc(Br)cc3)c(=O)c2c1C. The second-order valence-electron chi connectivity index (χ2n) is 6.30. The first-order chi connectivity index (χ1) is 12.4. The van der Waals surface area contributed by atoms with Crippen molar-refractivity contribution < 1.29 is 4.79 Å². The summed E-state index contributed by atoms with van der Waals surface area (Å²) in [6, 6.07) is 7.75. The molecule has 0 radical (unpaired) electrons. The summed E-state index contributed by atoms with van der Waals surface area (Å²) in [4.78, 5) is 31.1. The molecule has 3 aromatic rings. The molecular formula is C19H20BrN3O2S. The minimum Gasteiger partial charge on any atom is -0.350 e. The third-order valence-electron chi connectivity index (χ3n) is 4.48. The van der Waals surface area contributed by atoms with Gasteiger partial charge < -0.3 is 5.32 Å². The highest BCUT2D eigenvalue weighted by molar-refractivity contribution is 9.10. The number of thiophene rings is 1. The largest absolute Gasteiger partial charge is 0.350 e. The van der Waals surface area contributed by atoms with Gasteiger partial charge in [0.1, 0.15) is 4.83 Å². The first-order valence-corrected chi connectivity index (χ1v) is 9.97. The number of aromatic nitrogens is 2. The summed E-state index contributed by atoms with van der Waals surface area (Å²) < 4.78 is 2.52. The van der Waals surface area contributed by atoms with E-state index in [2.05, 4.69) is 26.2 Å². The summed E-state index contributed by atoms with van der Waals surface area (Å²) in [5.74, 6) is -0.0920. The van der Waals surface area contributed by atoms with Crippen LogP contribution in [0, 0.1) is 13.8 Å². The van der Waals surface area contributed by atoms with Crippen LogP contribution in [0.15, 0.2) is 39.9 Å². The minimum atomic E-state index is -0.0920. The highest BCUT2D eigenvalue weighted by Crippen LogP contribution is 2.25. The average molecular weight is 434 g/mol. The number of amides is 1. The molecule has 0 aliphatic rings. The first-order valence-electron chi connectivity index (χ1n) is 8.36. The van der Waals surface area contributed by atoms with Gasteiger partial charge in [-0.1, -0.05) is 28.1 Å². The van der Waals surface area contributed by atoms with Gasteiger partial charge in [-0.3, -0.25) is 14.2 Å². The molecule has 0 aliphatic carbocycles. The molecule has 5 nitrogen and oxygen atoms in total. The van der Waals surface area contributed by atoms with Crippen molar-refractivity contribution >= 4 is 43.4 Å². The smallest absolute Gasteiger partial charge is 0.262 e. The van der Waals surface area contributed by atoms with Gasteiger partial charge in [-0.15, -0.1) is 11.3 Å². The lowest BCUT2D eigenvalue weighted by Gasteiger charge is -2.14. The van der Waals surface area contributed by atoms with Crippen molar-refractivity contribution in [1.29, 1.82) is 0 Å². The van der Waals surface area contributed by atoms with Crippen LogP contribution in [0.25, 0.3) is 10.2 Å². The predicted molar refractivity (Wildman–Crippen MR) is 109 cm³/mol. The van der Waals surface area contributed by atoms with E-state index in [4.69, 9.17) is 0 Å². The van der Waals surface area contributed by atoms with Crippen molar-refractivity contribution in [2.24, 2.45) is 0 Å². The summed E-state index contributed by atoms with van der Waals surface area (Å²) in [7, 11) is 0. The van der Waals surface area contributed by atoms with Gasteiger partial charge in [-0.25, -0.2) is 4.98 Å². The standard InChI is InChI=1S/C19H20BrN3O2S/c1-11-13(3)26-18-17(11)19(25)23(10-21-18)9-8-16(24)22-12(2)14-4-6-15(20)7-5-14/h4-7,10,12H,8-9H2,1-3H3,(H,22,24)/t12-/m0/s1. The molecule has 1 N–H and O–H groups in total. The van der Waals surface area contributed by atoms with Crippen molar-refractivity contribution in [2.45, 2.75) is 39.8 Å². The van der Waals surface area contributed by atoms with E-state index >= 15 is 0 Å². The Morgan fingerprint density at radius 1 is 1.31 bits per heavy atom. The normalized spacial score (nSPS) is 12.3. The number of rotatable bonds is 5. The summed E-state index contributed by atoms with van der Waals surface area (Å²) in [5, 5.41) is 3.64. The molecule has 0 bridgehead atoms. The third-order valence-corrected chi connectivity index (χ3v) is 6.13. The molecule has 0 spiro atoms. The summed E-state index contributed by atoms with van der Waals surface area (Å²) >= 11 is 4.93. The second kappa shape index (κ2) is 7.72. The van der Waals surface area contributed by atoms with Crippen LogP contribution in [-0.4, -0.2) is 15.5 Å². The molecule has 0 fully saturated rings. The maximum Gasteiger partial charge on any atom is 0.262 e. The Labute approximate surface area is 164 Å². The average Bonchev–Trinajstić information content (AvgIpc) is 2.90. The van der Waals surface area contributed by atoms with Gasteiger partial charge in [0, 0.05) is 22.3 Å². The molecule has 136 valence electrons. The summed E-state index contributed by atoms with van der Waals surface area (Å²) in [5.41, 5.74) is 1.93. The van der Waals surface area contributed by atoms with Crippen molar-refractivity contribution in [1.82, 2.24) is 14.9 Å². The molecule has 0 saturated carbocycles. The van der Waals surface area contributed by atoms with Gasteiger partial charge in [0.15, 0.2) is 0 Å². The Bertz CT molecular complexity index is 1010. The van der Waals surface area contributed by atoms with Crippen LogP contribution in [0.2, 0.25) is 0 Å². The molecule has 0 aliphatic heterocycles. The molecule has 1 aromatic carbocycles. The summed E-state index contributed by atoms with van der Waals surface area (Å²) in [6.45, 7) is 6.18. The fourth-order valence-electron chi connectivity index (χ4n) is 2.80. The van der Waals surface area contributed by atoms with Crippen molar-refractivity contribution in [2.75, 3.05) is 0 Å². The highest BCUT2D eigenvalue weighted by atomic mass is 79.9. The van der Waals surface area contributed by atoms with Gasteiger partial charge in [-0.05, 0) is 44.0 Å². The molecule has 0 unspecified atom stereocenters. The van der Waals surface area contributed by atoms with Crippen LogP contribution < -0.4 is 10.9 Å². The Balaban J connectivity index is 1.67. The number of nitrogens with one attached hydrogen (secondary N) is 1. The molecule has 2 heterocycles. The summed E-state index contributed by atoms with van der Waals surface area (Å²) in [6.07, 6.45) is 1.77. The van der Waals surface area contributed by atoms with E-state index in [1.807, 2.05) is 45.0 Å². The number of aryl methyl sites for hydroxylation is 3. The molecule has 2 aromatic heterocycles. The zero-order valence-electron chi connectivity index (χ0n) is 14.9. The topological polar surface area (TPSA) is 64.0 Å². The zero-order chi connectivity index (χ0) is 18.8. The Hall–Kier alpha value is -1.99. The van der Waals surface area contributed by atoms with Crippen molar-refractivity contribution in [3.63, 3.8) is 0 Å². The number of fused-ring (bicyclic) bond motifs is 1. The fourth-order valence-corrected chi connectivity index (χ4v) is 4.05. The Morgan fingerprint density at radius 3 is 2.69 bits per heavy atom. The third kappa shape index (κ3) is 3.88. The first kappa shape index (κ1) is 18.8. The second-order valence-corrected chi connectivity index (χ2v) is 8.42. The van der Waals surface area contributed by atoms with Crippen LogP contribution >= 0.6 is 27.3 Å². The number of nitrogens with zero attached hydrogens (tertiary/aromatic N) is 2. The van der Waals surface area contributed by atoms with E-state index in [0.29, 0.717) is 11.9 Å². The van der Waals surface area contributed by atoms with Crippen LogP contribution in [-0.2, 0) is 11.3 Å². The zero-order valence-corrected chi connectivity index (χ0v) is 17.3. The lowest BCUT2D eigenvalue weighted by Crippen LogP contribution is -2.29. The van der Waals surface area contributed by atoms with Gasteiger partial charge in [0.05, 0.1) is 17.8 Å². The maximum atomic E-state index is 12.6. The van der Waals surface area contributed by atoms with E-state index in [1.54, 1.807) is 0 Å². The molecule has 3 rings (SSSR count). The van der Waals surface area contributed by atoms with Gasteiger partial charge in [0.2, 0.25) is 5.91 Å².